The van der Waals surface area contributed by atoms with E-state index < -0.39 is 10.8 Å². The molecule has 0 spiro atoms. The van der Waals surface area contributed by atoms with Crippen LogP contribution in [0.1, 0.15) is 37.8 Å². The van der Waals surface area contributed by atoms with Crippen molar-refractivity contribution in [3.8, 4) is 0 Å². The summed E-state index contributed by atoms with van der Waals surface area (Å²) < 4.78 is 29.1. The third kappa shape index (κ3) is 5.18. The molecule has 3 aliphatic heterocycles. The second-order valence-corrected chi connectivity index (χ2v) is 10.6. The molecule has 2 atom stereocenters. The van der Waals surface area contributed by atoms with Gasteiger partial charge in [-0.2, -0.15) is 4.98 Å². The summed E-state index contributed by atoms with van der Waals surface area (Å²) in [5, 5.41) is 3.55. The number of hydrogen-bond acceptors (Lipinski definition) is 9. The Morgan fingerprint density at radius 1 is 1.21 bits per heavy atom. The molecular weight excluding hydrogens is 456 g/mol. The first-order valence-electron chi connectivity index (χ1n) is 12.1. The van der Waals surface area contributed by atoms with Crippen LogP contribution in [0.3, 0.4) is 0 Å². The molecule has 10 heteroatoms. The van der Waals surface area contributed by atoms with Gasteiger partial charge in [-0.3, -0.25) is 4.21 Å². The number of nitrogens with one attached hydrogen (secondary N) is 1. The molecular formula is C24H32N4O5S. The molecule has 1 N–H and O–H groups in total. The highest BCUT2D eigenvalue weighted by molar-refractivity contribution is 7.85. The first-order chi connectivity index (χ1) is 16.6. The number of anilines is 2. The Bertz CT molecular complexity index is 999. The monoisotopic (exact) mass is 488 g/mol. The quantitative estimate of drug-likeness (QED) is 0.603. The van der Waals surface area contributed by atoms with E-state index in [4.69, 9.17) is 24.2 Å². The molecule has 2 fully saturated rings. The number of piperidine rings is 1. The smallest absolute Gasteiger partial charge is 0.337 e. The van der Waals surface area contributed by atoms with E-state index in [9.17, 15) is 9.00 Å². The summed E-state index contributed by atoms with van der Waals surface area (Å²) in [6.07, 6.45) is 10.8. The van der Waals surface area contributed by atoms with Crippen molar-refractivity contribution in [1.29, 1.82) is 0 Å². The van der Waals surface area contributed by atoms with E-state index in [1.54, 1.807) is 6.08 Å². The predicted octanol–water partition coefficient (Wildman–Crippen LogP) is 2.14. The Hall–Kier alpha value is -2.30. The average Bonchev–Trinajstić information content (AvgIpc) is 3.26. The molecule has 9 nitrogen and oxygen atoms in total. The third-order valence-corrected chi connectivity index (χ3v) is 8.27. The topological polar surface area (TPSA) is 103 Å². The van der Waals surface area contributed by atoms with Gasteiger partial charge in [0.05, 0.1) is 41.4 Å². The van der Waals surface area contributed by atoms with Gasteiger partial charge in [0.25, 0.3) is 0 Å². The average molecular weight is 489 g/mol. The second-order valence-electron chi connectivity index (χ2n) is 9.09. The van der Waals surface area contributed by atoms with Crippen molar-refractivity contribution in [2.75, 3.05) is 49.4 Å². The molecule has 1 aliphatic carbocycles. The SMILES string of the molecule is COC(=O)C1=CCC(OC2CCN(c3nc4c(c(NC5CCOCC5)n3)S(=O)CC4)CC2)C=C1. The van der Waals surface area contributed by atoms with Crippen LogP contribution in [-0.2, 0) is 36.2 Å². The lowest BCUT2D eigenvalue weighted by atomic mass is 10.0. The second kappa shape index (κ2) is 10.5. The van der Waals surface area contributed by atoms with E-state index in [1.807, 2.05) is 12.2 Å². The molecule has 0 bridgehead atoms. The van der Waals surface area contributed by atoms with Crippen molar-refractivity contribution < 1.29 is 23.2 Å². The Morgan fingerprint density at radius 3 is 2.71 bits per heavy atom. The molecule has 4 heterocycles. The van der Waals surface area contributed by atoms with Gasteiger partial charge in [0.15, 0.2) is 0 Å². The normalized spacial score (nSPS) is 25.7. The minimum atomic E-state index is -1.04. The molecule has 2 saturated heterocycles. The largest absolute Gasteiger partial charge is 0.465 e. The molecule has 2 unspecified atom stereocenters. The number of aryl methyl sites for hydroxylation is 1. The fourth-order valence-electron chi connectivity index (χ4n) is 4.87. The van der Waals surface area contributed by atoms with Crippen LogP contribution in [0.2, 0.25) is 0 Å². The fourth-order valence-corrected chi connectivity index (χ4v) is 6.18. The van der Waals surface area contributed by atoms with Gasteiger partial charge in [-0.25, -0.2) is 9.78 Å². The minimum absolute atomic E-state index is 0.0218. The van der Waals surface area contributed by atoms with Crippen molar-refractivity contribution in [3.05, 3.63) is 29.5 Å². The van der Waals surface area contributed by atoms with Crippen LogP contribution in [0.15, 0.2) is 28.7 Å². The number of fused-ring (bicyclic) bond motifs is 1. The fraction of sp³-hybridized carbons (Fsp3) is 0.625. The Morgan fingerprint density at radius 2 is 2.00 bits per heavy atom. The molecule has 0 radical (unpaired) electrons. The van der Waals surface area contributed by atoms with Crippen LogP contribution in [0.4, 0.5) is 11.8 Å². The predicted molar refractivity (Wildman–Crippen MR) is 128 cm³/mol. The molecule has 5 rings (SSSR count). The summed E-state index contributed by atoms with van der Waals surface area (Å²) in [5.41, 5.74) is 1.49. The number of methoxy groups -OCH3 is 1. The summed E-state index contributed by atoms with van der Waals surface area (Å²) in [7, 11) is 0.350. The van der Waals surface area contributed by atoms with Gasteiger partial charge in [-0.05, 0) is 38.2 Å². The maximum absolute atomic E-state index is 12.6. The maximum Gasteiger partial charge on any atom is 0.337 e. The number of carbonyl (C=O) groups excluding carboxylic acids is 1. The molecule has 0 saturated carbocycles. The van der Waals surface area contributed by atoms with Crippen molar-refractivity contribution >= 4 is 28.5 Å². The van der Waals surface area contributed by atoms with Crippen LogP contribution in [0, 0.1) is 0 Å². The lowest BCUT2D eigenvalue weighted by Gasteiger charge is -2.34. The highest BCUT2D eigenvalue weighted by Gasteiger charge is 2.30. The lowest BCUT2D eigenvalue weighted by Crippen LogP contribution is -2.39. The summed E-state index contributed by atoms with van der Waals surface area (Å²) in [4.78, 5) is 24.3. The standard InChI is InChI=1S/C24H32N4O5S/c1-31-23(29)16-2-4-18(5-3-16)33-19-6-11-28(12-7-19)24-26-20-10-15-34(30)21(20)22(27-24)25-17-8-13-32-14-9-17/h2-4,17-19H,5-15H2,1H3,(H,25,26,27). The highest BCUT2D eigenvalue weighted by atomic mass is 32.2. The molecule has 34 heavy (non-hydrogen) atoms. The maximum atomic E-state index is 12.6. The zero-order chi connectivity index (χ0) is 23.5. The molecule has 0 aromatic carbocycles. The molecule has 0 amide bonds. The van der Waals surface area contributed by atoms with Crippen LogP contribution < -0.4 is 10.2 Å². The molecule has 4 aliphatic rings. The van der Waals surface area contributed by atoms with E-state index in [1.165, 1.54) is 7.11 Å². The van der Waals surface area contributed by atoms with Crippen molar-refractivity contribution in [3.63, 3.8) is 0 Å². The highest BCUT2D eigenvalue weighted by Crippen LogP contribution is 2.32. The lowest BCUT2D eigenvalue weighted by molar-refractivity contribution is -0.135. The number of ether oxygens (including phenoxy) is 3. The van der Waals surface area contributed by atoms with Crippen molar-refractivity contribution in [2.45, 2.75) is 61.7 Å². The molecule has 1 aromatic heterocycles. The van der Waals surface area contributed by atoms with Crippen molar-refractivity contribution in [2.24, 2.45) is 0 Å². The number of hydrogen-bond donors (Lipinski definition) is 1. The summed E-state index contributed by atoms with van der Waals surface area (Å²) in [6, 6.07) is 0.287. The van der Waals surface area contributed by atoms with Crippen LogP contribution >= 0.6 is 0 Å². The van der Waals surface area contributed by atoms with Gasteiger partial charge in [-0.1, -0.05) is 12.2 Å². The summed E-state index contributed by atoms with van der Waals surface area (Å²) in [6.45, 7) is 3.10. The van der Waals surface area contributed by atoms with Gasteiger partial charge in [0, 0.05) is 44.5 Å². The Balaban J connectivity index is 1.21. The molecule has 184 valence electrons. The van der Waals surface area contributed by atoms with Crippen LogP contribution in [-0.4, -0.2) is 77.6 Å². The number of esters is 1. The zero-order valence-electron chi connectivity index (χ0n) is 19.5. The van der Waals surface area contributed by atoms with Crippen LogP contribution in [0.25, 0.3) is 0 Å². The number of nitrogens with zero attached hydrogens (tertiary/aromatic N) is 3. The summed E-state index contributed by atoms with van der Waals surface area (Å²) >= 11 is 0. The van der Waals surface area contributed by atoms with E-state index in [0.29, 0.717) is 23.7 Å². The zero-order valence-corrected chi connectivity index (χ0v) is 20.3. The van der Waals surface area contributed by atoms with E-state index >= 15 is 0 Å². The van der Waals surface area contributed by atoms with E-state index in [2.05, 4.69) is 10.2 Å². The van der Waals surface area contributed by atoms with Crippen molar-refractivity contribution in [1.82, 2.24) is 9.97 Å². The minimum Gasteiger partial charge on any atom is -0.465 e. The number of carbonyl (C=O) groups is 1. The first-order valence-corrected chi connectivity index (χ1v) is 13.4. The number of aromatic nitrogens is 2. The van der Waals surface area contributed by atoms with E-state index in [0.717, 1.165) is 74.8 Å². The first kappa shape index (κ1) is 23.4. The van der Waals surface area contributed by atoms with Crippen LogP contribution in [0.5, 0.6) is 0 Å². The van der Waals surface area contributed by atoms with Gasteiger partial charge < -0.3 is 24.4 Å². The third-order valence-electron chi connectivity index (χ3n) is 6.81. The number of rotatable bonds is 6. The van der Waals surface area contributed by atoms with Gasteiger partial charge >= 0.3 is 5.97 Å². The van der Waals surface area contributed by atoms with Gasteiger partial charge in [0.2, 0.25) is 5.95 Å². The Kier molecular flexibility index (Phi) is 7.26. The summed E-state index contributed by atoms with van der Waals surface area (Å²) in [5.74, 6) is 1.76. The van der Waals surface area contributed by atoms with E-state index in [-0.39, 0.29) is 24.2 Å². The van der Waals surface area contributed by atoms with Gasteiger partial charge in [0.1, 0.15) is 10.7 Å². The Labute approximate surface area is 202 Å². The van der Waals surface area contributed by atoms with Gasteiger partial charge in [-0.15, -0.1) is 0 Å². The molecule has 1 aromatic rings.